The summed E-state index contributed by atoms with van der Waals surface area (Å²) in [6.07, 6.45) is 0. The molecule has 0 heterocycles. The van der Waals surface area contributed by atoms with Crippen LogP contribution in [0.1, 0.15) is 62.3 Å². The Morgan fingerprint density at radius 2 is 1.10 bits per heavy atom. The van der Waals surface area contributed by atoms with Crippen LogP contribution in [0.2, 0.25) is 0 Å². The molecule has 0 saturated carbocycles. The van der Waals surface area contributed by atoms with Gasteiger partial charge in [-0.25, -0.2) is 0 Å². The van der Waals surface area contributed by atoms with Gasteiger partial charge in [0.15, 0.2) is 0 Å². The van der Waals surface area contributed by atoms with Crippen LogP contribution in [0, 0.1) is 0 Å². The third kappa shape index (κ3) is 14.3. The minimum absolute atomic E-state index is 0.0195. The number of thiol groups is 1. The van der Waals surface area contributed by atoms with E-state index in [0.29, 0.717) is 0 Å². The number of rotatable bonds is 8. The highest BCUT2D eigenvalue weighted by Gasteiger charge is 2.31. The lowest BCUT2D eigenvalue weighted by atomic mass is 10.2. The van der Waals surface area contributed by atoms with Crippen LogP contribution < -0.4 is 0 Å². The lowest BCUT2D eigenvalue weighted by Crippen LogP contribution is -2.36. The van der Waals surface area contributed by atoms with Gasteiger partial charge in [0.25, 0.3) is 0 Å². The van der Waals surface area contributed by atoms with Gasteiger partial charge in [0.05, 0.1) is 16.3 Å². The lowest BCUT2D eigenvalue weighted by molar-refractivity contribution is 0.0809. The van der Waals surface area contributed by atoms with Crippen LogP contribution in [0.15, 0.2) is 0 Å². The van der Waals surface area contributed by atoms with Crippen molar-refractivity contribution in [1.29, 1.82) is 0 Å². The molecule has 0 aromatic rings. The van der Waals surface area contributed by atoms with Crippen LogP contribution in [-0.4, -0.2) is 33.1 Å². The molecule has 3 nitrogen and oxygen atoms in total. The molecule has 0 aliphatic heterocycles. The molecule has 0 fully saturated rings. The van der Waals surface area contributed by atoms with Crippen LogP contribution in [0.4, 0.5) is 0 Å². The van der Waals surface area contributed by atoms with Gasteiger partial charge in [-0.2, -0.15) is 0 Å². The molecule has 21 heavy (non-hydrogen) atoms. The Bertz CT molecular complexity index is 266. The van der Waals surface area contributed by atoms with Crippen molar-refractivity contribution in [3.63, 3.8) is 0 Å². The van der Waals surface area contributed by atoms with Gasteiger partial charge in [-0.3, -0.25) is 0 Å². The van der Waals surface area contributed by atoms with Crippen LogP contribution in [-0.2, 0) is 14.0 Å². The molecule has 126 valence electrons. The first kappa shape index (κ1) is 22.0. The zero-order valence-electron chi connectivity index (χ0n) is 14.8. The highest BCUT2D eigenvalue weighted by atomic mass is 32.2. The molecule has 0 radical (unpaired) electrons. The molecule has 0 bridgehead atoms. The van der Waals surface area contributed by atoms with Gasteiger partial charge in [0, 0.05) is 9.49 Å². The van der Waals surface area contributed by atoms with Crippen LogP contribution >= 0.6 is 36.2 Å². The molecule has 0 aliphatic carbocycles. The first-order chi connectivity index (χ1) is 9.28. The molecule has 0 rings (SSSR count). The predicted octanol–water partition coefficient (Wildman–Crippen LogP) is 5.05. The van der Waals surface area contributed by atoms with Crippen molar-refractivity contribution in [2.75, 3.05) is 0 Å². The number of thioether (sulfide) groups is 2. The summed E-state index contributed by atoms with van der Waals surface area (Å²) < 4.78 is 17.6. The summed E-state index contributed by atoms with van der Waals surface area (Å²) in [5.74, 6) is 0. The molecule has 0 saturated heterocycles. The van der Waals surface area contributed by atoms with Gasteiger partial charge in [0.1, 0.15) is 0 Å². The molecule has 3 unspecified atom stereocenters. The Labute approximate surface area is 145 Å². The van der Waals surface area contributed by atoms with Crippen molar-refractivity contribution in [1.82, 2.24) is 0 Å². The Hall–Kier alpha value is 0.995. The lowest BCUT2D eigenvalue weighted by Gasteiger charge is -2.28. The quantitative estimate of drug-likeness (QED) is 0.374. The zero-order valence-corrected chi connectivity index (χ0v) is 17.3. The Morgan fingerprint density at radius 1 is 0.762 bits per heavy atom. The van der Waals surface area contributed by atoms with E-state index in [9.17, 15) is 0 Å². The van der Waals surface area contributed by atoms with E-state index in [1.165, 1.54) is 0 Å². The van der Waals surface area contributed by atoms with E-state index in [1.807, 2.05) is 20.8 Å². The van der Waals surface area contributed by atoms with E-state index in [1.54, 1.807) is 23.5 Å². The third-order valence-electron chi connectivity index (χ3n) is 1.95. The molecule has 0 spiro atoms. The zero-order chi connectivity index (χ0) is 16.8. The summed E-state index contributed by atoms with van der Waals surface area (Å²) in [5.41, 5.74) is -0.281. The van der Waals surface area contributed by atoms with Crippen molar-refractivity contribution in [3.8, 4) is 0 Å². The SMILES string of the molecule is CC(S)OB(OC(C)SC(C)(C)C)OC(C)SC(C)(C)C. The summed E-state index contributed by atoms with van der Waals surface area (Å²) in [6, 6.07) is 0. The van der Waals surface area contributed by atoms with E-state index in [4.69, 9.17) is 14.0 Å². The molecule has 0 amide bonds. The van der Waals surface area contributed by atoms with E-state index < -0.39 is 7.32 Å². The summed E-state index contributed by atoms with van der Waals surface area (Å²) in [4.78, 5) is 0. The second kappa shape index (κ2) is 9.33. The van der Waals surface area contributed by atoms with Gasteiger partial charge < -0.3 is 14.0 Å². The Balaban J connectivity index is 4.51. The fourth-order valence-electron chi connectivity index (χ4n) is 1.62. The smallest absolute Gasteiger partial charge is 0.374 e. The topological polar surface area (TPSA) is 27.7 Å². The summed E-state index contributed by atoms with van der Waals surface area (Å²) in [6.45, 7) is 18.8. The molecule has 0 aromatic carbocycles. The maximum atomic E-state index is 5.88. The third-order valence-corrected chi connectivity index (χ3v) is 4.37. The van der Waals surface area contributed by atoms with Gasteiger partial charge in [-0.05, 0) is 20.8 Å². The molecule has 0 N–H and O–H groups in total. The normalized spacial score (nSPS) is 17.4. The van der Waals surface area contributed by atoms with Crippen molar-refractivity contribution in [2.24, 2.45) is 0 Å². The summed E-state index contributed by atoms with van der Waals surface area (Å²) in [7, 11) is -0.702. The Morgan fingerprint density at radius 3 is 1.33 bits per heavy atom. The summed E-state index contributed by atoms with van der Waals surface area (Å²) >= 11 is 7.74. The fraction of sp³-hybridized carbons (Fsp3) is 1.00. The van der Waals surface area contributed by atoms with Crippen molar-refractivity contribution < 1.29 is 14.0 Å². The first-order valence-corrected chi connectivity index (χ1v) is 9.56. The average molecular weight is 354 g/mol. The second-order valence-electron chi connectivity index (χ2n) is 6.89. The Kier molecular flexibility index (Phi) is 9.77. The molecular weight excluding hydrogens is 323 g/mol. The van der Waals surface area contributed by atoms with E-state index in [2.05, 4.69) is 54.2 Å². The highest BCUT2D eigenvalue weighted by Crippen LogP contribution is 2.31. The van der Waals surface area contributed by atoms with Gasteiger partial charge in [-0.1, -0.05) is 41.5 Å². The highest BCUT2D eigenvalue weighted by molar-refractivity contribution is 8.01. The standard InChI is InChI=1S/C14H31BO3S3/c1-10(19)16-15(17-11(2)20-13(4,5)6)18-12(3)21-14(7,8)9/h10-12,19H,1-9H3. The van der Waals surface area contributed by atoms with Crippen LogP contribution in [0.25, 0.3) is 0 Å². The van der Waals surface area contributed by atoms with Gasteiger partial charge in [-0.15, -0.1) is 36.2 Å². The molecule has 0 aliphatic rings. The number of hydrogen-bond acceptors (Lipinski definition) is 6. The van der Waals surface area contributed by atoms with Gasteiger partial charge >= 0.3 is 7.32 Å². The molecular formula is C14H31BO3S3. The molecule has 3 atom stereocenters. The van der Waals surface area contributed by atoms with E-state index >= 15 is 0 Å². The maximum Gasteiger partial charge on any atom is 0.641 e. The maximum absolute atomic E-state index is 5.88. The second-order valence-corrected chi connectivity index (χ2v) is 11.9. The molecule has 0 aromatic heterocycles. The van der Waals surface area contributed by atoms with Crippen molar-refractivity contribution in [3.05, 3.63) is 0 Å². The van der Waals surface area contributed by atoms with E-state index in [0.717, 1.165) is 0 Å². The van der Waals surface area contributed by atoms with E-state index in [-0.39, 0.29) is 25.8 Å². The first-order valence-electron chi connectivity index (χ1n) is 7.28. The molecule has 7 heteroatoms. The predicted molar refractivity (Wildman–Crippen MR) is 101 cm³/mol. The van der Waals surface area contributed by atoms with Crippen LogP contribution in [0.5, 0.6) is 0 Å². The fourth-order valence-corrected chi connectivity index (χ4v) is 4.00. The van der Waals surface area contributed by atoms with Crippen LogP contribution in [0.3, 0.4) is 0 Å². The average Bonchev–Trinajstić information content (AvgIpc) is 2.07. The largest absolute Gasteiger partial charge is 0.641 e. The van der Waals surface area contributed by atoms with Crippen molar-refractivity contribution in [2.45, 2.75) is 88.1 Å². The minimum Gasteiger partial charge on any atom is -0.374 e. The summed E-state index contributed by atoms with van der Waals surface area (Å²) in [5, 5.41) is 0. The number of hydrogen-bond donors (Lipinski definition) is 1. The van der Waals surface area contributed by atoms with Crippen molar-refractivity contribution >= 4 is 43.5 Å². The minimum atomic E-state index is -0.702. The monoisotopic (exact) mass is 354 g/mol. The van der Waals surface area contributed by atoms with Gasteiger partial charge in [0.2, 0.25) is 0 Å².